The lowest BCUT2D eigenvalue weighted by Crippen LogP contribution is -2.26. The van der Waals surface area contributed by atoms with Gasteiger partial charge in [0.05, 0.1) is 6.61 Å². The van der Waals surface area contributed by atoms with Crippen LogP contribution in [-0.2, 0) is 19.6 Å². The fourth-order valence-corrected chi connectivity index (χ4v) is 3.14. The van der Waals surface area contributed by atoms with Gasteiger partial charge >= 0.3 is 5.97 Å². The van der Waals surface area contributed by atoms with Crippen LogP contribution in [0.4, 0.5) is 0 Å². The van der Waals surface area contributed by atoms with Crippen LogP contribution in [0.1, 0.15) is 13.8 Å². The van der Waals surface area contributed by atoms with Crippen LogP contribution in [0.25, 0.3) is 11.0 Å². The van der Waals surface area contributed by atoms with E-state index in [-0.39, 0.29) is 22.7 Å². The minimum Gasteiger partial charge on any atom is -0.463 e. The summed E-state index contributed by atoms with van der Waals surface area (Å²) >= 11 is 0. The molecule has 0 fully saturated rings. The summed E-state index contributed by atoms with van der Waals surface area (Å²) in [6, 6.07) is 4.53. The summed E-state index contributed by atoms with van der Waals surface area (Å²) in [4.78, 5) is 11.4. The van der Waals surface area contributed by atoms with E-state index >= 15 is 0 Å². The first-order valence-electron chi connectivity index (χ1n) is 6.43. The second kappa shape index (κ2) is 6.14. The van der Waals surface area contributed by atoms with Crippen LogP contribution in [-0.4, -0.2) is 42.7 Å². The number of carbonyl (C=O) groups excluding carboxylic acids is 1. The molecule has 0 aliphatic carbocycles. The van der Waals surface area contributed by atoms with Crippen LogP contribution in [0.2, 0.25) is 0 Å². The van der Waals surface area contributed by atoms with E-state index in [4.69, 9.17) is 4.74 Å². The number of allylic oxidation sites excluding steroid dienone is 1. The Kier molecular flexibility index (Phi) is 4.45. The van der Waals surface area contributed by atoms with Crippen molar-refractivity contribution in [1.82, 2.24) is 14.6 Å². The molecule has 2 aromatic rings. The Morgan fingerprint density at radius 1 is 1.41 bits per heavy atom. The summed E-state index contributed by atoms with van der Waals surface area (Å²) in [5, 5.41) is 7.23. The first-order chi connectivity index (χ1) is 10.4. The topological polar surface area (TPSA) is 103 Å². The predicted molar refractivity (Wildman–Crippen MR) is 77.1 cm³/mol. The molecule has 1 aromatic heterocycles. The second-order valence-electron chi connectivity index (χ2n) is 4.40. The molecular formula is C13H15N3O5S. The third-order valence-corrected chi connectivity index (χ3v) is 4.89. The molecule has 1 heterocycles. The molecule has 1 aromatic carbocycles. The maximum Gasteiger partial charge on any atom is 0.332 e. The first-order valence-corrected chi connectivity index (χ1v) is 7.87. The monoisotopic (exact) mass is 325 g/mol. The van der Waals surface area contributed by atoms with E-state index < -0.39 is 16.0 Å². The van der Waals surface area contributed by atoms with Crippen LogP contribution in [0.3, 0.4) is 0 Å². The molecule has 0 aliphatic heterocycles. The molecule has 0 saturated heterocycles. The molecule has 118 valence electrons. The summed E-state index contributed by atoms with van der Waals surface area (Å²) < 4.78 is 35.6. The molecule has 0 N–H and O–H groups in total. The largest absolute Gasteiger partial charge is 0.463 e. The Morgan fingerprint density at radius 2 is 2.14 bits per heavy atom. The average molecular weight is 325 g/mol. The highest BCUT2D eigenvalue weighted by Crippen LogP contribution is 2.24. The molecule has 8 nitrogen and oxygen atoms in total. The second-order valence-corrected chi connectivity index (χ2v) is 6.34. The van der Waals surface area contributed by atoms with Gasteiger partial charge in [0.1, 0.15) is 10.4 Å². The number of hydrogen-bond donors (Lipinski definition) is 0. The van der Waals surface area contributed by atoms with Crippen molar-refractivity contribution in [3.05, 3.63) is 30.0 Å². The lowest BCUT2D eigenvalue weighted by Gasteiger charge is -2.19. The zero-order chi connectivity index (χ0) is 16.3. The van der Waals surface area contributed by atoms with Crippen molar-refractivity contribution in [2.75, 3.05) is 13.7 Å². The van der Waals surface area contributed by atoms with Gasteiger partial charge < -0.3 is 4.74 Å². The van der Waals surface area contributed by atoms with Crippen molar-refractivity contribution < 1.29 is 22.6 Å². The smallest absolute Gasteiger partial charge is 0.332 e. The van der Waals surface area contributed by atoms with Gasteiger partial charge in [0.2, 0.25) is 0 Å². The fraction of sp³-hybridized carbons (Fsp3) is 0.308. The molecule has 0 aliphatic rings. The highest BCUT2D eigenvalue weighted by molar-refractivity contribution is 7.89. The highest BCUT2D eigenvalue weighted by atomic mass is 32.2. The zero-order valence-electron chi connectivity index (χ0n) is 12.3. The molecule has 2 rings (SSSR count). The summed E-state index contributed by atoms with van der Waals surface area (Å²) in [6.45, 7) is 3.37. The fourth-order valence-electron chi connectivity index (χ4n) is 1.77. The minimum absolute atomic E-state index is 0.0506. The van der Waals surface area contributed by atoms with E-state index in [2.05, 4.69) is 14.9 Å². The van der Waals surface area contributed by atoms with Crippen molar-refractivity contribution in [3.8, 4) is 0 Å². The molecule has 0 amide bonds. The number of carbonyl (C=O) groups is 1. The number of aromatic nitrogens is 2. The Bertz CT molecular complexity index is 825. The third-order valence-electron chi connectivity index (χ3n) is 3.00. The molecule has 0 radical (unpaired) electrons. The van der Waals surface area contributed by atoms with Gasteiger partial charge in [-0.2, -0.15) is 0 Å². The maximum absolute atomic E-state index is 12.6. The lowest BCUT2D eigenvalue weighted by atomic mass is 10.3. The summed E-state index contributed by atoms with van der Waals surface area (Å²) in [6.07, 6.45) is 1.11. The van der Waals surface area contributed by atoms with Gasteiger partial charge in [-0.1, -0.05) is 6.07 Å². The number of hydrogen-bond acceptors (Lipinski definition) is 7. The number of benzene rings is 1. The van der Waals surface area contributed by atoms with E-state index in [1.807, 2.05) is 0 Å². The number of sulfonamides is 1. The van der Waals surface area contributed by atoms with Gasteiger partial charge in [0.25, 0.3) is 10.0 Å². The van der Waals surface area contributed by atoms with Crippen LogP contribution in [0.15, 0.2) is 39.5 Å². The molecule has 0 saturated carbocycles. The number of nitrogens with zero attached hydrogens (tertiary/aromatic N) is 3. The Labute approximate surface area is 127 Å². The average Bonchev–Trinajstić information content (AvgIpc) is 2.94. The highest BCUT2D eigenvalue weighted by Gasteiger charge is 2.25. The van der Waals surface area contributed by atoms with Crippen LogP contribution < -0.4 is 0 Å². The molecule has 0 spiro atoms. The SMILES string of the molecule is CCOC(=O)/C=C(\C)N(C)S(=O)(=O)c1cccc2nonc12. The van der Waals surface area contributed by atoms with Gasteiger partial charge in [0.15, 0.2) is 5.52 Å². The minimum atomic E-state index is -3.90. The van der Waals surface area contributed by atoms with Gasteiger partial charge in [-0.3, -0.25) is 4.31 Å². The molecule has 0 bridgehead atoms. The van der Waals surface area contributed by atoms with Crippen LogP contribution >= 0.6 is 0 Å². The van der Waals surface area contributed by atoms with Crippen molar-refractivity contribution in [2.24, 2.45) is 0 Å². The van der Waals surface area contributed by atoms with Crippen molar-refractivity contribution in [3.63, 3.8) is 0 Å². The van der Waals surface area contributed by atoms with Crippen molar-refractivity contribution in [2.45, 2.75) is 18.7 Å². The number of ether oxygens (including phenoxy) is 1. The third kappa shape index (κ3) is 2.93. The normalized spacial score (nSPS) is 12.4. The van der Waals surface area contributed by atoms with Crippen LogP contribution in [0.5, 0.6) is 0 Å². The first kappa shape index (κ1) is 16.0. The van der Waals surface area contributed by atoms with E-state index in [1.165, 1.54) is 26.1 Å². The summed E-state index contributed by atoms with van der Waals surface area (Å²) in [5.74, 6) is -0.608. The van der Waals surface area contributed by atoms with E-state index in [0.29, 0.717) is 5.52 Å². The summed E-state index contributed by atoms with van der Waals surface area (Å²) in [5.41, 5.74) is 0.687. The van der Waals surface area contributed by atoms with Crippen LogP contribution in [0, 0.1) is 0 Å². The Morgan fingerprint density at radius 3 is 2.82 bits per heavy atom. The van der Waals surface area contributed by atoms with Gasteiger partial charge in [-0.25, -0.2) is 17.8 Å². The molecule has 22 heavy (non-hydrogen) atoms. The number of esters is 1. The van der Waals surface area contributed by atoms with Crippen molar-refractivity contribution in [1.29, 1.82) is 0 Å². The maximum atomic E-state index is 12.6. The molecule has 9 heteroatoms. The quantitative estimate of drug-likeness (QED) is 0.603. The van der Waals surface area contributed by atoms with Gasteiger partial charge in [0, 0.05) is 18.8 Å². The van der Waals surface area contributed by atoms with E-state index in [1.54, 1.807) is 13.0 Å². The molecule has 0 unspecified atom stereocenters. The number of rotatable bonds is 5. The summed E-state index contributed by atoms with van der Waals surface area (Å²) in [7, 11) is -2.56. The molecular weight excluding hydrogens is 310 g/mol. The number of fused-ring (bicyclic) bond motifs is 1. The predicted octanol–water partition coefficient (Wildman–Crippen LogP) is 1.31. The van der Waals surface area contributed by atoms with E-state index in [9.17, 15) is 13.2 Å². The standard InChI is InChI=1S/C13H15N3O5S/c1-4-20-12(17)8-9(2)16(3)22(18,19)11-7-5-6-10-13(11)15-21-14-10/h5-8H,4H2,1-3H3/b9-8+. The Hall–Kier alpha value is -2.42. The van der Waals surface area contributed by atoms with E-state index in [0.717, 1.165) is 10.4 Å². The van der Waals surface area contributed by atoms with Gasteiger partial charge in [-0.05, 0) is 36.3 Å². The lowest BCUT2D eigenvalue weighted by molar-refractivity contribution is -0.137. The molecule has 0 atom stereocenters. The zero-order valence-corrected chi connectivity index (χ0v) is 13.1. The van der Waals surface area contributed by atoms with Crippen molar-refractivity contribution >= 4 is 27.0 Å². The Balaban J connectivity index is 2.42. The van der Waals surface area contributed by atoms with Gasteiger partial charge in [-0.15, -0.1) is 0 Å².